The molecule has 4 amide bonds. The Labute approximate surface area is 468 Å². The summed E-state index contributed by atoms with van der Waals surface area (Å²) in [5.41, 5.74) is 4.77. The zero-order chi connectivity index (χ0) is 57.4. The molecule has 0 spiro atoms. The Morgan fingerprint density at radius 2 is 0.475 bits per heavy atom. The summed E-state index contributed by atoms with van der Waals surface area (Å²) >= 11 is 0. The monoisotopic (exact) mass is 1070 g/mol. The van der Waals surface area contributed by atoms with Crippen LogP contribution in [0.5, 0.6) is 46.0 Å². The van der Waals surface area contributed by atoms with Crippen molar-refractivity contribution >= 4 is 66.7 Å². The van der Waals surface area contributed by atoms with Crippen LogP contribution in [0.15, 0.2) is 121 Å². The van der Waals surface area contributed by atoms with Crippen molar-refractivity contribution in [3.63, 3.8) is 0 Å². The maximum atomic E-state index is 15.3. The van der Waals surface area contributed by atoms with Crippen LogP contribution in [0.2, 0.25) is 0 Å². The molecule has 9 aromatic rings. The molecule has 0 saturated heterocycles. The van der Waals surface area contributed by atoms with Crippen LogP contribution in [0.1, 0.15) is 174 Å². The quantitative estimate of drug-likeness (QED) is 0.0756. The molecule has 408 valence electrons. The van der Waals surface area contributed by atoms with Gasteiger partial charge in [0.05, 0.1) is 22.3 Å². The highest BCUT2D eigenvalue weighted by Gasteiger charge is 2.42. The molecule has 10 heteroatoms. The molecule has 2 aliphatic heterocycles. The fourth-order valence-corrected chi connectivity index (χ4v) is 11.4. The topological polar surface area (TPSA) is 112 Å². The summed E-state index contributed by atoms with van der Waals surface area (Å²) in [6.45, 7) is 33.0. The standard InChI is InChI=1S/C70H70N2O8/c1-37(2)71-63(73)47-33-51(77-43-25-17-39(18-26-43)67(5,6)7)57-59-53(79-45-29-21-41(22-30-45)69(11,12)13)35-49-56-50(66(76)72(38(3)4)65(49)75)36-54(80-46-31-23-42(24-32-46)70(14,15)16)60(62(56)59)58-52(34-48(64(71)74)55(47)61(57)58)78-44-27-19-40(20-28-44)68(8,9)10/h17-38H,1-16H3. The number of carbonyl (C=O) groups is 4. The molecule has 0 bridgehead atoms. The van der Waals surface area contributed by atoms with Gasteiger partial charge in [-0.3, -0.25) is 29.0 Å². The molecule has 0 saturated carbocycles. The largest absolute Gasteiger partial charge is 0.457 e. The highest BCUT2D eigenvalue weighted by molar-refractivity contribution is 6.44. The van der Waals surface area contributed by atoms with E-state index in [9.17, 15) is 0 Å². The normalized spacial score (nSPS) is 14.3. The minimum Gasteiger partial charge on any atom is -0.457 e. The van der Waals surface area contributed by atoms with Gasteiger partial charge in [0, 0.05) is 55.2 Å². The molecule has 2 aliphatic rings. The van der Waals surface area contributed by atoms with Crippen LogP contribution in [0.25, 0.3) is 43.1 Å². The minimum atomic E-state index is -0.513. The number of fused-ring (bicyclic) bond motifs is 2. The second-order valence-corrected chi connectivity index (χ2v) is 26.3. The number of hydrogen-bond donors (Lipinski definition) is 0. The van der Waals surface area contributed by atoms with Gasteiger partial charge in [0.15, 0.2) is 0 Å². The van der Waals surface area contributed by atoms with Crippen LogP contribution in [-0.2, 0) is 21.7 Å². The van der Waals surface area contributed by atoms with Gasteiger partial charge in [-0.05, 0) is 144 Å². The van der Waals surface area contributed by atoms with E-state index in [1.54, 1.807) is 24.3 Å². The van der Waals surface area contributed by atoms with Crippen LogP contribution in [-0.4, -0.2) is 45.5 Å². The Morgan fingerprint density at radius 3 is 0.637 bits per heavy atom. The van der Waals surface area contributed by atoms with Crippen molar-refractivity contribution < 1.29 is 38.1 Å². The van der Waals surface area contributed by atoms with E-state index in [1.165, 1.54) is 9.80 Å². The van der Waals surface area contributed by atoms with Gasteiger partial charge in [0.2, 0.25) is 0 Å². The van der Waals surface area contributed by atoms with Crippen LogP contribution in [0.4, 0.5) is 0 Å². The van der Waals surface area contributed by atoms with Crippen LogP contribution >= 0.6 is 0 Å². The number of rotatable bonds is 10. The first kappa shape index (κ1) is 53.7. The third-order valence-corrected chi connectivity index (χ3v) is 15.8. The van der Waals surface area contributed by atoms with Gasteiger partial charge in [-0.1, -0.05) is 132 Å². The van der Waals surface area contributed by atoms with Crippen molar-refractivity contribution in [1.82, 2.24) is 9.80 Å². The summed E-state index contributed by atoms with van der Waals surface area (Å²) < 4.78 is 28.7. The minimum absolute atomic E-state index is 0.156. The third kappa shape index (κ3) is 8.97. The van der Waals surface area contributed by atoms with Gasteiger partial charge in [-0.25, -0.2) is 0 Å². The Bertz CT molecular complexity index is 3520. The summed E-state index contributed by atoms with van der Waals surface area (Å²) in [5, 5.41) is 3.61. The molecule has 9 aromatic carbocycles. The first-order valence-corrected chi connectivity index (χ1v) is 27.8. The maximum absolute atomic E-state index is 15.3. The Hall–Kier alpha value is -8.24. The Morgan fingerprint density at radius 1 is 0.287 bits per heavy atom. The lowest BCUT2D eigenvalue weighted by molar-refractivity contribution is 0.0547. The summed E-state index contributed by atoms with van der Waals surface area (Å²) in [4.78, 5) is 63.6. The zero-order valence-corrected chi connectivity index (χ0v) is 48.9. The second-order valence-electron chi connectivity index (χ2n) is 26.3. The van der Waals surface area contributed by atoms with E-state index in [4.69, 9.17) is 18.9 Å². The zero-order valence-electron chi connectivity index (χ0n) is 48.9. The van der Waals surface area contributed by atoms with E-state index < -0.39 is 35.7 Å². The van der Waals surface area contributed by atoms with E-state index in [0.717, 1.165) is 22.3 Å². The molecule has 0 N–H and O–H groups in total. The second kappa shape index (κ2) is 18.7. The molecular formula is C70H70N2O8. The van der Waals surface area contributed by atoms with Crippen LogP contribution in [0, 0.1) is 0 Å². The van der Waals surface area contributed by atoms with Gasteiger partial charge in [0.1, 0.15) is 46.0 Å². The number of ether oxygens (including phenoxy) is 4. The molecule has 0 radical (unpaired) electrons. The van der Waals surface area contributed by atoms with Crippen LogP contribution < -0.4 is 18.9 Å². The molecule has 80 heavy (non-hydrogen) atoms. The maximum Gasteiger partial charge on any atom is 0.261 e. The van der Waals surface area contributed by atoms with E-state index in [-0.39, 0.29) is 66.9 Å². The van der Waals surface area contributed by atoms with E-state index in [1.807, 2.05) is 125 Å². The number of amides is 4. The smallest absolute Gasteiger partial charge is 0.261 e. The predicted octanol–water partition coefficient (Wildman–Crippen LogP) is 18.1. The van der Waals surface area contributed by atoms with Gasteiger partial charge in [-0.2, -0.15) is 0 Å². The molecule has 0 aliphatic carbocycles. The number of imide groups is 2. The van der Waals surface area contributed by atoms with Crippen molar-refractivity contribution in [1.29, 1.82) is 0 Å². The van der Waals surface area contributed by atoms with Crippen molar-refractivity contribution in [3.05, 3.63) is 166 Å². The fourth-order valence-electron chi connectivity index (χ4n) is 11.4. The lowest BCUT2D eigenvalue weighted by atomic mass is 9.80. The SMILES string of the molecule is CC(C)N1C(=O)c2cc(Oc3ccc(C(C)(C)C)cc3)c3c4c(Oc5ccc(C(C)(C)C)cc5)cc5c6c(cc(Oc7ccc(C(C)(C)C)cc7)c(c7c(Oc8ccc(C(C)(C)C)cc8)cc(c2c37)C1=O)c64)C(=O)N(C(C)C)C5=O. The van der Waals surface area contributed by atoms with Gasteiger partial charge >= 0.3 is 0 Å². The molecule has 2 heterocycles. The van der Waals surface area contributed by atoms with Crippen molar-refractivity contribution in [2.45, 2.75) is 145 Å². The molecule has 0 aromatic heterocycles. The average molecular weight is 1070 g/mol. The predicted molar refractivity (Wildman–Crippen MR) is 320 cm³/mol. The molecule has 0 unspecified atom stereocenters. The summed E-state index contributed by atoms with van der Waals surface area (Å²) in [7, 11) is 0. The Balaban J connectivity index is 1.37. The summed E-state index contributed by atoms with van der Waals surface area (Å²) in [6.07, 6.45) is 0. The van der Waals surface area contributed by atoms with Crippen molar-refractivity contribution in [2.75, 3.05) is 0 Å². The van der Waals surface area contributed by atoms with Gasteiger partial charge in [0.25, 0.3) is 23.6 Å². The van der Waals surface area contributed by atoms with E-state index in [0.29, 0.717) is 66.1 Å². The number of nitrogens with zero attached hydrogens (tertiary/aromatic N) is 2. The number of hydrogen-bond acceptors (Lipinski definition) is 8. The first-order chi connectivity index (χ1) is 37.5. The van der Waals surface area contributed by atoms with Crippen LogP contribution in [0.3, 0.4) is 0 Å². The van der Waals surface area contributed by atoms with E-state index >= 15 is 19.2 Å². The summed E-state index contributed by atoms with van der Waals surface area (Å²) in [6, 6.07) is 37.4. The van der Waals surface area contributed by atoms with Gasteiger partial charge < -0.3 is 18.9 Å². The molecule has 0 fully saturated rings. The molecule has 10 nitrogen and oxygen atoms in total. The fraction of sp³-hybridized carbons (Fsp3) is 0.314. The van der Waals surface area contributed by atoms with Crippen molar-refractivity contribution in [3.8, 4) is 46.0 Å². The highest BCUT2D eigenvalue weighted by Crippen LogP contribution is 2.58. The first-order valence-electron chi connectivity index (χ1n) is 27.8. The van der Waals surface area contributed by atoms with Gasteiger partial charge in [-0.15, -0.1) is 0 Å². The van der Waals surface area contributed by atoms with Crippen molar-refractivity contribution in [2.24, 2.45) is 0 Å². The molecule has 11 rings (SSSR count). The van der Waals surface area contributed by atoms with E-state index in [2.05, 4.69) is 83.1 Å². The Kier molecular flexibility index (Phi) is 12.6. The molecular weight excluding hydrogens is 997 g/mol. The lowest BCUT2D eigenvalue weighted by Gasteiger charge is -2.34. The number of benzene rings is 9. The lowest BCUT2D eigenvalue weighted by Crippen LogP contribution is -2.44. The third-order valence-electron chi connectivity index (χ3n) is 15.8. The summed E-state index contributed by atoms with van der Waals surface area (Å²) in [5.74, 6) is 1.12. The highest BCUT2D eigenvalue weighted by atomic mass is 16.5. The number of carbonyl (C=O) groups excluding carboxylic acids is 4. The average Bonchev–Trinajstić information content (AvgIpc) is 1.93. The molecule has 0 atom stereocenters.